The molecule has 0 unspecified atom stereocenters. The standard InChI is InChI=1S/C28H35N5O3S/c29-19-28(11-12-28)30-27(34)24-4-2-1-3-23(24)26-25(18-33(31-26)17-20-5-6-20)21-7-9-22(10-8-21)32-13-15-37(35,36)16-14-32/h7-10,18,20,23-24H,1-6,11-17H2,(H,30,34)/t23-,24-/m1/s1. The second-order valence-corrected chi connectivity index (χ2v) is 13.8. The van der Waals surface area contributed by atoms with E-state index in [0.717, 1.165) is 67.6 Å². The summed E-state index contributed by atoms with van der Waals surface area (Å²) in [6.07, 6.45) is 9.96. The van der Waals surface area contributed by atoms with Gasteiger partial charge in [-0.15, -0.1) is 0 Å². The molecule has 1 aromatic heterocycles. The van der Waals surface area contributed by atoms with Gasteiger partial charge in [-0.05, 0) is 62.1 Å². The summed E-state index contributed by atoms with van der Waals surface area (Å²) in [6, 6.07) is 10.7. The first-order valence-electron chi connectivity index (χ1n) is 13.7. The fourth-order valence-corrected chi connectivity index (χ4v) is 7.11. The van der Waals surface area contributed by atoms with E-state index in [4.69, 9.17) is 5.10 Å². The normalized spacial score (nSPS) is 26.3. The van der Waals surface area contributed by atoms with Gasteiger partial charge in [0.25, 0.3) is 0 Å². The first-order chi connectivity index (χ1) is 17.8. The van der Waals surface area contributed by atoms with Gasteiger partial charge in [-0.25, -0.2) is 8.42 Å². The third-order valence-corrected chi connectivity index (χ3v) is 10.2. The molecule has 3 saturated carbocycles. The van der Waals surface area contributed by atoms with E-state index >= 15 is 0 Å². The van der Waals surface area contributed by atoms with Crippen molar-refractivity contribution in [3.05, 3.63) is 36.2 Å². The van der Waals surface area contributed by atoms with E-state index in [0.29, 0.717) is 19.0 Å². The average molecular weight is 522 g/mol. The van der Waals surface area contributed by atoms with Crippen molar-refractivity contribution in [2.75, 3.05) is 29.5 Å². The molecule has 1 amide bonds. The lowest BCUT2D eigenvalue weighted by atomic mass is 9.75. The molecule has 0 bridgehead atoms. The van der Waals surface area contributed by atoms with Crippen LogP contribution < -0.4 is 10.2 Å². The van der Waals surface area contributed by atoms with Crippen LogP contribution in [0.1, 0.15) is 63.0 Å². The topological polar surface area (TPSA) is 108 Å². The number of hydrogen-bond donors (Lipinski definition) is 1. The Labute approximate surface area is 218 Å². The van der Waals surface area contributed by atoms with Crippen molar-refractivity contribution in [1.29, 1.82) is 5.26 Å². The Kier molecular flexibility index (Phi) is 6.26. The molecule has 1 aromatic carbocycles. The van der Waals surface area contributed by atoms with Crippen molar-refractivity contribution in [3.63, 3.8) is 0 Å². The maximum atomic E-state index is 13.4. The smallest absolute Gasteiger partial charge is 0.225 e. The predicted molar refractivity (Wildman–Crippen MR) is 142 cm³/mol. The minimum Gasteiger partial charge on any atom is -0.369 e. The highest BCUT2D eigenvalue weighted by atomic mass is 32.2. The van der Waals surface area contributed by atoms with Gasteiger partial charge in [0.05, 0.1) is 23.3 Å². The van der Waals surface area contributed by atoms with E-state index < -0.39 is 15.4 Å². The van der Waals surface area contributed by atoms with Crippen LogP contribution in [0.4, 0.5) is 5.69 Å². The second-order valence-electron chi connectivity index (χ2n) is 11.5. The highest BCUT2D eigenvalue weighted by molar-refractivity contribution is 7.91. The van der Waals surface area contributed by atoms with Gasteiger partial charge in [-0.1, -0.05) is 25.0 Å². The van der Waals surface area contributed by atoms with Crippen LogP contribution in [0.15, 0.2) is 30.5 Å². The number of anilines is 1. The number of carbonyl (C=O) groups is 1. The molecule has 8 nitrogen and oxygen atoms in total. The molecule has 0 radical (unpaired) electrons. The first kappa shape index (κ1) is 24.5. The molecule has 1 N–H and O–H groups in total. The molecule has 1 aliphatic heterocycles. The van der Waals surface area contributed by atoms with Crippen molar-refractivity contribution < 1.29 is 13.2 Å². The molecule has 4 fully saturated rings. The van der Waals surface area contributed by atoms with Crippen molar-refractivity contribution in [1.82, 2.24) is 15.1 Å². The number of amides is 1. The number of hydrogen-bond acceptors (Lipinski definition) is 6. The molecule has 1 saturated heterocycles. The van der Waals surface area contributed by atoms with Crippen LogP contribution in [0.2, 0.25) is 0 Å². The zero-order valence-electron chi connectivity index (χ0n) is 21.2. The molecule has 2 atom stereocenters. The van der Waals surface area contributed by atoms with Crippen molar-refractivity contribution in [2.45, 2.75) is 69.4 Å². The van der Waals surface area contributed by atoms with Crippen LogP contribution in [0, 0.1) is 23.2 Å². The number of nitrogens with one attached hydrogen (secondary N) is 1. The van der Waals surface area contributed by atoms with Gasteiger partial charge < -0.3 is 10.2 Å². The second kappa shape index (κ2) is 9.46. The molecular weight excluding hydrogens is 486 g/mol. The maximum absolute atomic E-state index is 13.4. The van der Waals surface area contributed by atoms with Crippen LogP contribution in [-0.2, 0) is 21.2 Å². The number of nitriles is 1. The summed E-state index contributed by atoms with van der Waals surface area (Å²) in [5, 5.41) is 17.6. The highest BCUT2D eigenvalue weighted by Gasteiger charge is 2.47. The predicted octanol–water partition coefficient (Wildman–Crippen LogP) is 3.64. The first-order valence-corrected chi connectivity index (χ1v) is 15.5. The zero-order valence-corrected chi connectivity index (χ0v) is 22.0. The number of aromatic nitrogens is 2. The molecule has 37 heavy (non-hydrogen) atoms. The Balaban J connectivity index is 1.28. The lowest BCUT2D eigenvalue weighted by molar-refractivity contribution is -0.127. The maximum Gasteiger partial charge on any atom is 0.225 e. The number of benzene rings is 1. The molecule has 4 aliphatic rings. The summed E-state index contributed by atoms with van der Waals surface area (Å²) >= 11 is 0. The van der Waals surface area contributed by atoms with Gasteiger partial charge in [0, 0.05) is 48.9 Å². The number of nitrogens with zero attached hydrogens (tertiary/aromatic N) is 4. The van der Waals surface area contributed by atoms with Crippen LogP contribution >= 0.6 is 0 Å². The quantitative estimate of drug-likeness (QED) is 0.596. The molecule has 3 aliphatic carbocycles. The van der Waals surface area contributed by atoms with Crippen LogP contribution in [-0.4, -0.2) is 54.2 Å². The molecule has 6 rings (SSSR count). The van der Waals surface area contributed by atoms with Gasteiger partial charge in [0.15, 0.2) is 9.84 Å². The van der Waals surface area contributed by atoms with Gasteiger partial charge >= 0.3 is 0 Å². The molecule has 2 aromatic rings. The monoisotopic (exact) mass is 521 g/mol. The Morgan fingerprint density at radius 2 is 1.78 bits per heavy atom. The third-order valence-electron chi connectivity index (χ3n) is 8.60. The Morgan fingerprint density at radius 3 is 2.43 bits per heavy atom. The number of sulfone groups is 1. The molecule has 0 spiro atoms. The SMILES string of the molecule is N#CC1(NC(=O)[C@@H]2CCCC[C@H]2c2nn(CC3CC3)cc2-c2ccc(N3CCS(=O)(=O)CC3)cc2)CC1. The molecule has 2 heterocycles. The van der Waals surface area contributed by atoms with Gasteiger partial charge in [0.1, 0.15) is 5.54 Å². The van der Waals surface area contributed by atoms with Crippen LogP contribution in [0.5, 0.6) is 0 Å². The van der Waals surface area contributed by atoms with E-state index in [9.17, 15) is 18.5 Å². The van der Waals surface area contributed by atoms with Crippen molar-refractivity contribution >= 4 is 21.4 Å². The van der Waals surface area contributed by atoms with E-state index in [1.807, 2.05) is 0 Å². The lowest BCUT2D eigenvalue weighted by Crippen LogP contribution is -2.42. The summed E-state index contributed by atoms with van der Waals surface area (Å²) in [5.41, 5.74) is 3.54. The summed E-state index contributed by atoms with van der Waals surface area (Å²) in [4.78, 5) is 15.5. The molecular formula is C28H35N5O3S. The highest BCUT2D eigenvalue weighted by Crippen LogP contribution is 2.43. The van der Waals surface area contributed by atoms with Crippen LogP contribution in [0.25, 0.3) is 11.1 Å². The number of carbonyl (C=O) groups excluding carboxylic acids is 1. The lowest BCUT2D eigenvalue weighted by Gasteiger charge is -2.31. The van der Waals surface area contributed by atoms with Gasteiger partial charge in [-0.2, -0.15) is 10.4 Å². The van der Waals surface area contributed by atoms with Crippen molar-refractivity contribution in [2.24, 2.45) is 11.8 Å². The minimum atomic E-state index is -2.92. The van der Waals surface area contributed by atoms with E-state index in [2.05, 4.69) is 51.4 Å². The minimum absolute atomic E-state index is 0.00171. The van der Waals surface area contributed by atoms with Gasteiger partial charge in [-0.3, -0.25) is 9.48 Å². The Bertz CT molecular complexity index is 1300. The fraction of sp³-hybridized carbons (Fsp3) is 0.607. The summed E-state index contributed by atoms with van der Waals surface area (Å²) in [6.45, 7) is 1.96. The summed E-state index contributed by atoms with van der Waals surface area (Å²) < 4.78 is 25.7. The largest absolute Gasteiger partial charge is 0.369 e. The summed E-state index contributed by atoms with van der Waals surface area (Å²) in [7, 11) is -2.92. The van der Waals surface area contributed by atoms with Crippen LogP contribution in [0.3, 0.4) is 0 Å². The van der Waals surface area contributed by atoms with Crippen molar-refractivity contribution in [3.8, 4) is 17.2 Å². The Morgan fingerprint density at radius 1 is 1.08 bits per heavy atom. The van der Waals surface area contributed by atoms with E-state index in [1.165, 1.54) is 12.8 Å². The molecule has 196 valence electrons. The third kappa shape index (κ3) is 5.26. The Hall–Kier alpha value is -2.86. The van der Waals surface area contributed by atoms with E-state index in [-0.39, 0.29) is 29.2 Å². The zero-order chi connectivity index (χ0) is 25.6. The van der Waals surface area contributed by atoms with E-state index in [1.54, 1.807) is 0 Å². The average Bonchev–Trinajstić information content (AvgIpc) is 3.83. The van der Waals surface area contributed by atoms with Gasteiger partial charge in [0.2, 0.25) is 5.91 Å². The fourth-order valence-electron chi connectivity index (χ4n) is 5.90. The summed E-state index contributed by atoms with van der Waals surface area (Å²) in [5.74, 6) is 0.953. The number of rotatable bonds is 7. The molecule has 9 heteroatoms.